The zero-order chi connectivity index (χ0) is 13.9. The van der Waals surface area contributed by atoms with Crippen LogP contribution in [0, 0.1) is 13.8 Å². The lowest BCUT2D eigenvalue weighted by atomic mass is 10.2. The van der Waals surface area contributed by atoms with Crippen molar-refractivity contribution in [1.82, 2.24) is 25.2 Å². The molecule has 0 aliphatic rings. The number of nitrogens with one attached hydrogen (secondary N) is 1. The van der Waals surface area contributed by atoms with E-state index in [-0.39, 0.29) is 0 Å². The van der Waals surface area contributed by atoms with E-state index in [1.54, 1.807) is 22.3 Å². The van der Waals surface area contributed by atoms with Crippen LogP contribution in [0.15, 0.2) is 30.7 Å². The molecule has 3 rings (SSSR count). The fourth-order valence-electron chi connectivity index (χ4n) is 1.97. The number of thiazole rings is 1. The van der Waals surface area contributed by atoms with Gasteiger partial charge in [0.25, 0.3) is 0 Å². The van der Waals surface area contributed by atoms with Crippen molar-refractivity contribution in [2.75, 3.05) is 5.32 Å². The Hall–Kier alpha value is -2.28. The molecule has 1 aromatic carbocycles. The summed E-state index contributed by atoms with van der Waals surface area (Å²) in [6, 6.07) is 6.12. The van der Waals surface area contributed by atoms with Crippen molar-refractivity contribution in [2.45, 2.75) is 20.4 Å². The van der Waals surface area contributed by atoms with Crippen molar-refractivity contribution in [3.63, 3.8) is 0 Å². The third-order valence-electron chi connectivity index (χ3n) is 2.93. The van der Waals surface area contributed by atoms with Gasteiger partial charge in [0.2, 0.25) is 0 Å². The second kappa shape index (κ2) is 5.38. The second-order valence-corrected chi connectivity index (χ2v) is 5.77. The summed E-state index contributed by atoms with van der Waals surface area (Å²) in [6.45, 7) is 4.84. The monoisotopic (exact) mass is 286 g/mol. The minimum atomic E-state index is 0.787. The van der Waals surface area contributed by atoms with Gasteiger partial charge in [-0.15, -0.1) is 16.4 Å². The molecule has 20 heavy (non-hydrogen) atoms. The summed E-state index contributed by atoms with van der Waals surface area (Å²) in [5.41, 5.74) is 3.17. The Morgan fingerprint density at radius 1 is 1.30 bits per heavy atom. The predicted molar refractivity (Wildman–Crippen MR) is 78.1 cm³/mol. The molecule has 102 valence electrons. The third-order valence-corrected chi connectivity index (χ3v) is 3.84. The number of aromatic nitrogens is 5. The number of hydrogen-bond donors (Lipinski definition) is 1. The maximum atomic E-state index is 4.25. The van der Waals surface area contributed by atoms with Gasteiger partial charge in [0.1, 0.15) is 6.33 Å². The molecule has 0 saturated heterocycles. The SMILES string of the molecule is Cc1ncc(CNc2ccc(-n3cnnn3)c(C)c2)s1. The number of nitrogens with zero attached hydrogens (tertiary/aromatic N) is 5. The van der Waals surface area contributed by atoms with Gasteiger partial charge in [0, 0.05) is 16.8 Å². The van der Waals surface area contributed by atoms with Gasteiger partial charge in [0.05, 0.1) is 17.2 Å². The molecule has 0 saturated carbocycles. The highest BCUT2D eigenvalue weighted by Crippen LogP contribution is 2.19. The summed E-state index contributed by atoms with van der Waals surface area (Å²) in [6.07, 6.45) is 3.50. The van der Waals surface area contributed by atoms with Gasteiger partial charge in [-0.2, -0.15) is 0 Å². The molecule has 7 heteroatoms. The summed E-state index contributed by atoms with van der Waals surface area (Å²) in [7, 11) is 0. The van der Waals surface area contributed by atoms with Crippen LogP contribution < -0.4 is 5.32 Å². The van der Waals surface area contributed by atoms with E-state index in [1.807, 2.05) is 32.2 Å². The largest absolute Gasteiger partial charge is 0.380 e. The lowest BCUT2D eigenvalue weighted by molar-refractivity contribution is 0.785. The molecule has 2 aromatic heterocycles. The molecule has 6 nitrogen and oxygen atoms in total. The fourth-order valence-corrected chi connectivity index (χ4v) is 2.70. The lowest BCUT2D eigenvalue weighted by Crippen LogP contribution is -2.01. The molecule has 0 fully saturated rings. The van der Waals surface area contributed by atoms with E-state index in [2.05, 4.69) is 31.9 Å². The van der Waals surface area contributed by atoms with Crippen LogP contribution in [0.4, 0.5) is 5.69 Å². The van der Waals surface area contributed by atoms with Crippen LogP contribution in [0.5, 0.6) is 0 Å². The lowest BCUT2D eigenvalue weighted by Gasteiger charge is -2.09. The van der Waals surface area contributed by atoms with Gasteiger partial charge >= 0.3 is 0 Å². The van der Waals surface area contributed by atoms with Crippen molar-refractivity contribution >= 4 is 17.0 Å². The molecular weight excluding hydrogens is 272 g/mol. The minimum absolute atomic E-state index is 0.787. The van der Waals surface area contributed by atoms with E-state index < -0.39 is 0 Å². The highest BCUT2D eigenvalue weighted by atomic mass is 32.1. The van der Waals surface area contributed by atoms with Crippen LogP contribution in [0.25, 0.3) is 5.69 Å². The van der Waals surface area contributed by atoms with Crippen LogP contribution >= 0.6 is 11.3 Å². The quantitative estimate of drug-likeness (QED) is 0.797. The summed E-state index contributed by atoms with van der Waals surface area (Å²) in [5.74, 6) is 0. The smallest absolute Gasteiger partial charge is 0.143 e. The topological polar surface area (TPSA) is 68.5 Å². The van der Waals surface area contributed by atoms with Gasteiger partial charge in [-0.1, -0.05) is 0 Å². The molecule has 3 aromatic rings. The van der Waals surface area contributed by atoms with Crippen LogP contribution in [-0.2, 0) is 6.54 Å². The third kappa shape index (κ3) is 2.67. The zero-order valence-electron chi connectivity index (χ0n) is 11.2. The Balaban J connectivity index is 1.74. The van der Waals surface area contributed by atoms with E-state index >= 15 is 0 Å². The van der Waals surface area contributed by atoms with Gasteiger partial charge in [0.15, 0.2) is 0 Å². The van der Waals surface area contributed by atoms with Gasteiger partial charge in [-0.05, 0) is 48.0 Å². The number of rotatable bonds is 4. The van der Waals surface area contributed by atoms with E-state index in [0.29, 0.717) is 0 Å². The van der Waals surface area contributed by atoms with Crippen molar-refractivity contribution in [2.24, 2.45) is 0 Å². The number of anilines is 1. The first kappa shape index (κ1) is 12.7. The van der Waals surface area contributed by atoms with E-state index in [1.165, 1.54) is 4.88 Å². The molecule has 0 bridgehead atoms. The highest BCUT2D eigenvalue weighted by Gasteiger charge is 2.04. The summed E-state index contributed by atoms with van der Waals surface area (Å²) in [5, 5.41) is 15.7. The zero-order valence-corrected chi connectivity index (χ0v) is 12.1. The van der Waals surface area contributed by atoms with Crippen LogP contribution in [0.2, 0.25) is 0 Å². The van der Waals surface area contributed by atoms with Crippen LogP contribution in [0.3, 0.4) is 0 Å². The van der Waals surface area contributed by atoms with E-state index in [4.69, 9.17) is 0 Å². The molecular formula is C13H14N6S. The molecule has 0 aliphatic carbocycles. The van der Waals surface area contributed by atoms with Crippen molar-refractivity contribution in [3.05, 3.63) is 46.2 Å². The summed E-state index contributed by atoms with van der Waals surface area (Å²) >= 11 is 1.71. The van der Waals surface area contributed by atoms with Crippen molar-refractivity contribution in [1.29, 1.82) is 0 Å². The van der Waals surface area contributed by atoms with Crippen LogP contribution in [0.1, 0.15) is 15.4 Å². The first-order valence-corrected chi connectivity index (χ1v) is 7.03. The standard InChI is InChI=1S/C13H14N6S/c1-9-5-11(15-7-12-6-14-10(2)20-12)3-4-13(9)19-8-16-17-18-19/h3-6,8,15H,7H2,1-2H3. The van der Waals surface area contributed by atoms with E-state index in [9.17, 15) is 0 Å². The van der Waals surface area contributed by atoms with Crippen LogP contribution in [-0.4, -0.2) is 25.2 Å². The first-order valence-electron chi connectivity index (χ1n) is 6.21. The molecule has 0 atom stereocenters. The Labute approximate surface area is 120 Å². The molecule has 0 aliphatic heterocycles. The average Bonchev–Trinajstić information content (AvgIpc) is 3.08. The number of hydrogen-bond acceptors (Lipinski definition) is 6. The normalized spacial score (nSPS) is 10.7. The molecule has 0 spiro atoms. The second-order valence-electron chi connectivity index (χ2n) is 4.45. The maximum Gasteiger partial charge on any atom is 0.143 e. The Kier molecular flexibility index (Phi) is 3.42. The number of tetrazole rings is 1. The summed E-state index contributed by atoms with van der Waals surface area (Å²) < 4.78 is 1.66. The highest BCUT2D eigenvalue weighted by molar-refractivity contribution is 7.11. The Morgan fingerprint density at radius 2 is 2.20 bits per heavy atom. The van der Waals surface area contributed by atoms with Crippen molar-refractivity contribution in [3.8, 4) is 5.69 Å². The Bertz CT molecular complexity index is 703. The first-order chi connectivity index (χ1) is 9.72. The minimum Gasteiger partial charge on any atom is -0.380 e. The number of benzene rings is 1. The predicted octanol–water partition coefficient (Wildman–Crippen LogP) is 2.35. The molecule has 0 radical (unpaired) electrons. The maximum absolute atomic E-state index is 4.25. The molecule has 0 amide bonds. The molecule has 2 heterocycles. The summed E-state index contributed by atoms with van der Waals surface area (Å²) in [4.78, 5) is 5.47. The van der Waals surface area contributed by atoms with Gasteiger partial charge in [-0.3, -0.25) is 0 Å². The Morgan fingerprint density at radius 3 is 2.85 bits per heavy atom. The van der Waals surface area contributed by atoms with Gasteiger partial charge < -0.3 is 5.32 Å². The molecule has 0 unspecified atom stereocenters. The van der Waals surface area contributed by atoms with E-state index in [0.717, 1.165) is 28.5 Å². The van der Waals surface area contributed by atoms with Gasteiger partial charge in [-0.25, -0.2) is 9.67 Å². The fraction of sp³-hybridized carbons (Fsp3) is 0.231. The average molecular weight is 286 g/mol. The van der Waals surface area contributed by atoms with Crippen molar-refractivity contribution < 1.29 is 0 Å². The number of aryl methyl sites for hydroxylation is 2. The molecule has 1 N–H and O–H groups in total.